The number of nitrogens with zero attached hydrogens (tertiary/aromatic N) is 2. The van der Waals surface area contributed by atoms with Crippen molar-refractivity contribution in [2.75, 3.05) is 0 Å². The lowest BCUT2D eigenvalue weighted by Crippen LogP contribution is -3.62. The first-order valence-corrected chi connectivity index (χ1v) is 18.3. The molecule has 224 valence electrons. The molecule has 0 N–H and O–H groups in total. The summed E-state index contributed by atoms with van der Waals surface area (Å²) >= 11 is -0.130. The Bertz CT molecular complexity index is 1060. The lowest BCUT2D eigenvalue weighted by atomic mass is 10.0. The number of benzene rings is 3. The van der Waals surface area contributed by atoms with E-state index < -0.39 is 10.2 Å². The molecule has 0 saturated heterocycles. The Morgan fingerprint density at radius 2 is 0.805 bits per heavy atom. The summed E-state index contributed by atoms with van der Waals surface area (Å²) in [4.78, 5) is 16.5. The molecule has 10 heteroatoms. The monoisotopic (exact) mass is 790 g/mol. The molecule has 0 aliphatic heterocycles. The molecule has 3 rings (SSSR count). The lowest BCUT2D eigenvalue weighted by Gasteiger charge is -2.03. The average molecular weight is 790 g/mol. The molecule has 8 nitrogen and oxygen atoms in total. The van der Waals surface area contributed by atoms with Crippen LogP contribution in [0, 0.1) is 44.9 Å². The zero-order valence-electron chi connectivity index (χ0n) is 23.6. The fraction of sp³-hybridized carbons (Fsp3) is 0.419. The zero-order valence-corrected chi connectivity index (χ0v) is 27.9. The highest BCUT2D eigenvalue weighted by molar-refractivity contribution is 5.14. The van der Waals surface area contributed by atoms with Crippen LogP contribution in [0.3, 0.4) is 0 Å². The molecule has 0 bridgehead atoms. The van der Waals surface area contributed by atoms with Gasteiger partial charge in [-0.2, -0.15) is 0 Å². The number of unbranched alkanes of at least 4 members (excludes halogenated alkanes) is 10. The SMILES string of the molecule is CCCCCCCCCCCCCc1ccc([I+]c2ccc([I+]c3ccccc3)cc2)cc1.O=[N+]([O-])[O-].O=[N+]([O-])[O-]. The van der Waals surface area contributed by atoms with Gasteiger partial charge in [-0.25, -0.2) is 0 Å². The fourth-order valence-electron chi connectivity index (χ4n) is 3.99. The third-order valence-corrected chi connectivity index (χ3v) is 11.3. The average Bonchev–Trinajstić information content (AvgIpc) is 2.94. The van der Waals surface area contributed by atoms with Gasteiger partial charge in [0.2, 0.25) is 0 Å². The van der Waals surface area contributed by atoms with Gasteiger partial charge >= 0.3 is 42.4 Å². The Morgan fingerprint density at radius 1 is 0.488 bits per heavy atom. The van der Waals surface area contributed by atoms with Crippen LogP contribution in [-0.2, 0) is 6.42 Å². The first-order chi connectivity index (χ1) is 19.8. The van der Waals surface area contributed by atoms with Crippen molar-refractivity contribution in [3.8, 4) is 0 Å². The standard InChI is InChI=1S/C31H40I2.2NO3/c1-2-3-4-5-6-7-8-9-10-11-13-16-27-19-21-29(22-20-27)33-31-25-23-30(24-26-31)32-28-17-14-12-15-18-28;2*2-1(3)4/h12,14-15,17-26H,2-11,13,16H2,1H3;;/q+2;2*-1. The largest absolute Gasteiger partial charge is 0.357 e. The van der Waals surface area contributed by atoms with E-state index in [1.807, 2.05) is 0 Å². The van der Waals surface area contributed by atoms with Gasteiger partial charge in [0.25, 0.3) is 0 Å². The number of hydrogen-bond donors (Lipinski definition) is 0. The number of hydrogen-bond acceptors (Lipinski definition) is 6. The van der Waals surface area contributed by atoms with E-state index in [0.29, 0.717) is 0 Å². The molecule has 0 heterocycles. The van der Waals surface area contributed by atoms with Crippen LogP contribution in [0.15, 0.2) is 78.9 Å². The normalized spacial score (nSPS) is 10.1. The first-order valence-electron chi connectivity index (χ1n) is 14.0. The molecular weight excluding hydrogens is 750 g/mol. The predicted molar refractivity (Wildman–Crippen MR) is 155 cm³/mol. The first kappa shape index (κ1) is 36.5. The Kier molecular flexibility index (Phi) is 21.5. The summed E-state index contributed by atoms with van der Waals surface area (Å²) in [5.74, 6) is 0. The van der Waals surface area contributed by atoms with Crippen molar-refractivity contribution >= 4 is 0 Å². The molecule has 0 aliphatic carbocycles. The van der Waals surface area contributed by atoms with E-state index in [4.69, 9.17) is 30.6 Å². The van der Waals surface area contributed by atoms with Gasteiger partial charge in [0, 0.05) is 0 Å². The molecule has 0 atom stereocenters. The number of rotatable bonds is 16. The van der Waals surface area contributed by atoms with Gasteiger partial charge < -0.3 is 30.6 Å². The zero-order chi connectivity index (χ0) is 30.1. The Balaban J connectivity index is 0.000000930. The van der Waals surface area contributed by atoms with Crippen LogP contribution >= 0.6 is 0 Å². The minimum absolute atomic E-state index is 0.0531. The Labute approximate surface area is 264 Å². The van der Waals surface area contributed by atoms with Crippen molar-refractivity contribution < 1.29 is 52.6 Å². The van der Waals surface area contributed by atoms with Gasteiger partial charge in [-0.05, 0) is 66.9 Å². The minimum Gasteiger partial charge on any atom is -0.356 e. The highest BCUT2D eigenvalue weighted by Gasteiger charge is 2.19. The van der Waals surface area contributed by atoms with Crippen LogP contribution in [0.2, 0.25) is 0 Å². The maximum absolute atomic E-state index is 8.25. The van der Waals surface area contributed by atoms with Crippen molar-refractivity contribution in [3.05, 3.63) is 129 Å². The number of halogens is 2. The van der Waals surface area contributed by atoms with E-state index in [-0.39, 0.29) is 42.4 Å². The highest BCUT2D eigenvalue weighted by atomic mass is 127. The molecule has 0 amide bonds. The van der Waals surface area contributed by atoms with Gasteiger partial charge in [-0.15, -0.1) is 0 Å². The van der Waals surface area contributed by atoms with Crippen LogP contribution in [0.5, 0.6) is 0 Å². The maximum atomic E-state index is 8.25. The molecule has 3 aromatic carbocycles. The van der Waals surface area contributed by atoms with Crippen LogP contribution in [0.4, 0.5) is 0 Å². The van der Waals surface area contributed by atoms with Gasteiger partial charge in [0.1, 0.15) is 0 Å². The molecular formula is C31H40I2N2O6. The second kappa shape index (κ2) is 24.2. The molecule has 0 saturated carbocycles. The molecule has 41 heavy (non-hydrogen) atoms. The predicted octanol–water partition coefficient (Wildman–Crippen LogP) is 2.32. The Morgan fingerprint density at radius 3 is 1.20 bits per heavy atom. The van der Waals surface area contributed by atoms with Gasteiger partial charge in [0.05, 0.1) is 10.2 Å². The van der Waals surface area contributed by atoms with E-state index >= 15 is 0 Å². The van der Waals surface area contributed by atoms with Crippen LogP contribution in [-0.4, -0.2) is 10.2 Å². The summed E-state index contributed by atoms with van der Waals surface area (Å²) in [5.41, 5.74) is 1.52. The van der Waals surface area contributed by atoms with Crippen molar-refractivity contribution in [2.24, 2.45) is 0 Å². The summed E-state index contributed by atoms with van der Waals surface area (Å²) < 4.78 is 6.05. The van der Waals surface area contributed by atoms with E-state index in [9.17, 15) is 0 Å². The van der Waals surface area contributed by atoms with Gasteiger partial charge in [-0.3, -0.25) is 0 Å². The van der Waals surface area contributed by atoms with Crippen LogP contribution < -0.4 is 42.4 Å². The highest BCUT2D eigenvalue weighted by Crippen LogP contribution is 2.12. The third-order valence-electron chi connectivity index (χ3n) is 5.96. The van der Waals surface area contributed by atoms with E-state index in [2.05, 4.69) is 85.8 Å². The third kappa shape index (κ3) is 21.9. The maximum Gasteiger partial charge on any atom is 0.357 e. The topological polar surface area (TPSA) is 132 Å². The minimum atomic E-state index is -1.75. The van der Waals surface area contributed by atoms with Crippen molar-refractivity contribution in [2.45, 2.75) is 84.0 Å². The van der Waals surface area contributed by atoms with Crippen LogP contribution in [0.25, 0.3) is 0 Å². The van der Waals surface area contributed by atoms with E-state index in [1.54, 1.807) is 0 Å². The van der Waals surface area contributed by atoms with Crippen LogP contribution in [0.1, 0.15) is 83.1 Å². The summed E-state index contributed by atoms with van der Waals surface area (Å²) in [6.07, 6.45) is 16.9. The number of aryl methyl sites for hydroxylation is 1. The summed E-state index contributed by atoms with van der Waals surface area (Å²) in [7, 11) is 0. The van der Waals surface area contributed by atoms with E-state index in [0.717, 1.165) is 0 Å². The lowest BCUT2D eigenvalue weighted by molar-refractivity contribution is -0.603. The summed E-state index contributed by atoms with van der Waals surface area (Å²) in [6.45, 7) is 2.30. The quantitative estimate of drug-likeness (QED) is 0.0948. The molecule has 0 unspecified atom stereocenters. The summed E-state index contributed by atoms with van der Waals surface area (Å²) in [5, 5.41) is 29.5. The molecule has 0 spiro atoms. The van der Waals surface area contributed by atoms with Gasteiger partial charge in [0.15, 0.2) is 14.3 Å². The molecule has 0 fully saturated rings. The van der Waals surface area contributed by atoms with E-state index in [1.165, 1.54) is 96.9 Å². The molecule has 0 aromatic heterocycles. The van der Waals surface area contributed by atoms with Crippen molar-refractivity contribution in [3.63, 3.8) is 0 Å². The van der Waals surface area contributed by atoms with Gasteiger partial charge in [-0.1, -0.05) is 101 Å². The second-order valence-corrected chi connectivity index (χ2v) is 15.3. The van der Waals surface area contributed by atoms with Crippen molar-refractivity contribution in [1.82, 2.24) is 0 Å². The van der Waals surface area contributed by atoms with Crippen molar-refractivity contribution in [1.29, 1.82) is 0 Å². The second-order valence-electron chi connectivity index (χ2n) is 9.28. The summed E-state index contributed by atoms with van der Waals surface area (Å²) in [6, 6.07) is 29.9. The molecule has 0 radical (unpaired) electrons. The molecule has 3 aromatic rings. The Hall–Kier alpha value is -2.48. The smallest absolute Gasteiger partial charge is 0.356 e. The fourth-order valence-corrected chi connectivity index (χ4v) is 8.36. The molecule has 0 aliphatic rings.